The van der Waals surface area contributed by atoms with Gasteiger partial charge < -0.3 is 14.8 Å². The fourth-order valence-electron chi connectivity index (χ4n) is 1.71. The molecule has 0 radical (unpaired) electrons. The number of benzene rings is 2. The third-order valence-corrected chi connectivity index (χ3v) is 3.27. The third kappa shape index (κ3) is 4.39. The monoisotopic (exact) mass is 305 g/mol. The van der Waals surface area contributed by atoms with Crippen LogP contribution in [0.3, 0.4) is 0 Å². The molecule has 4 nitrogen and oxygen atoms in total. The molecule has 2 aromatic carbocycles. The highest BCUT2D eigenvalue weighted by Gasteiger charge is 2.05. The summed E-state index contributed by atoms with van der Waals surface area (Å²) < 4.78 is 10.5. The summed E-state index contributed by atoms with van der Waals surface area (Å²) in [4.78, 5) is 11.8. The lowest BCUT2D eigenvalue weighted by Crippen LogP contribution is -2.20. The summed E-state index contributed by atoms with van der Waals surface area (Å²) in [7, 11) is 1.58. The second-order valence-electron chi connectivity index (χ2n) is 4.48. The van der Waals surface area contributed by atoms with Crippen LogP contribution in [0.5, 0.6) is 11.5 Å². The minimum absolute atomic E-state index is 0.0847. The molecule has 0 fully saturated rings. The molecule has 0 heterocycles. The molecular formula is C16H16ClNO3. The number of nitrogens with one attached hydrogen (secondary N) is 1. The molecule has 0 aliphatic carbocycles. The highest BCUT2D eigenvalue weighted by Crippen LogP contribution is 2.21. The molecule has 0 atom stereocenters. The van der Waals surface area contributed by atoms with Crippen LogP contribution in [0.25, 0.3) is 0 Å². The highest BCUT2D eigenvalue weighted by molar-refractivity contribution is 6.31. The molecule has 1 amide bonds. The first-order valence-corrected chi connectivity index (χ1v) is 6.79. The zero-order valence-corrected chi connectivity index (χ0v) is 12.6. The number of carbonyl (C=O) groups is 1. The predicted molar refractivity (Wildman–Crippen MR) is 83.3 cm³/mol. The van der Waals surface area contributed by atoms with E-state index in [1.807, 2.05) is 13.0 Å². The quantitative estimate of drug-likeness (QED) is 0.916. The van der Waals surface area contributed by atoms with Gasteiger partial charge in [0.1, 0.15) is 11.5 Å². The number of hydrogen-bond donors (Lipinski definition) is 1. The van der Waals surface area contributed by atoms with Gasteiger partial charge in [-0.25, -0.2) is 0 Å². The largest absolute Gasteiger partial charge is 0.497 e. The molecule has 0 aromatic heterocycles. The molecule has 21 heavy (non-hydrogen) atoms. The number of hydrogen-bond acceptors (Lipinski definition) is 3. The van der Waals surface area contributed by atoms with Crippen molar-refractivity contribution in [3.8, 4) is 11.5 Å². The molecule has 110 valence electrons. The standard InChI is InChI=1S/C16H16ClNO3/c1-11-6-7-12(8-15(11)17)18-16(19)10-21-14-5-3-4-13(9-14)20-2/h3-9H,10H2,1-2H3,(H,18,19). The van der Waals surface area contributed by atoms with Crippen LogP contribution in [0.1, 0.15) is 5.56 Å². The molecule has 5 heteroatoms. The van der Waals surface area contributed by atoms with Crippen LogP contribution in [-0.4, -0.2) is 19.6 Å². The van der Waals surface area contributed by atoms with Gasteiger partial charge in [-0.2, -0.15) is 0 Å². The Labute approximate surface area is 128 Å². The van der Waals surface area contributed by atoms with Crippen molar-refractivity contribution in [2.24, 2.45) is 0 Å². The minimum atomic E-state index is -0.252. The van der Waals surface area contributed by atoms with E-state index in [-0.39, 0.29) is 12.5 Å². The van der Waals surface area contributed by atoms with Gasteiger partial charge in [0, 0.05) is 16.8 Å². The van der Waals surface area contributed by atoms with Crippen molar-refractivity contribution in [3.05, 3.63) is 53.1 Å². The molecule has 2 aromatic rings. The minimum Gasteiger partial charge on any atom is -0.497 e. The lowest BCUT2D eigenvalue weighted by atomic mass is 10.2. The van der Waals surface area contributed by atoms with E-state index in [0.717, 1.165) is 5.56 Å². The Balaban J connectivity index is 1.91. The summed E-state index contributed by atoms with van der Waals surface area (Å²) in [5.41, 5.74) is 1.60. The fraction of sp³-hybridized carbons (Fsp3) is 0.188. The second kappa shape index (κ2) is 6.99. The van der Waals surface area contributed by atoms with Gasteiger partial charge in [-0.1, -0.05) is 23.7 Å². The van der Waals surface area contributed by atoms with Gasteiger partial charge in [0.25, 0.3) is 5.91 Å². The molecule has 1 N–H and O–H groups in total. The van der Waals surface area contributed by atoms with Crippen molar-refractivity contribution < 1.29 is 14.3 Å². The van der Waals surface area contributed by atoms with Gasteiger partial charge in [-0.3, -0.25) is 4.79 Å². The normalized spacial score (nSPS) is 10.0. The molecule has 0 unspecified atom stereocenters. The Bertz CT molecular complexity index is 643. The van der Waals surface area contributed by atoms with Gasteiger partial charge in [0.05, 0.1) is 7.11 Å². The van der Waals surface area contributed by atoms with Gasteiger partial charge in [-0.05, 0) is 36.8 Å². The number of aryl methyl sites for hydroxylation is 1. The summed E-state index contributed by atoms with van der Waals surface area (Å²) in [5, 5.41) is 3.34. The lowest BCUT2D eigenvalue weighted by molar-refractivity contribution is -0.118. The molecular weight excluding hydrogens is 290 g/mol. The van der Waals surface area contributed by atoms with Crippen LogP contribution in [0, 0.1) is 6.92 Å². The van der Waals surface area contributed by atoms with Gasteiger partial charge in [0.15, 0.2) is 6.61 Å². The van der Waals surface area contributed by atoms with E-state index in [1.54, 1.807) is 43.5 Å². The van der Waals surface area contributed by atoms with E-state index in [0.29, 0.717) is 22.2 Å². The van der Waals surface area contributed by atoms with E-state index >= 15 is 0 Å². The van der Waals surface area contributed by atoms with Crippen molar-refractivity contribution in [2.45, 2.75) is 6.92 Å². The Kier molecular flexibility index (Phi) is 5.06. The predicted octanol–water partition coefficient (Wildman–Crippen LogP) is 3.67. The van der Waals surface area contributed by atoms with Crippen LogP contribution in [0.15, 0.2) is 42.5 Å². The van der Waals surface area contributed by atoms with Crippen LogP contribution >= 0.6 is 11.6 Å². The van der Waals surface area contributed by atoms with Gasteiger partial charge >= 0.3 is 0 Å². The summed E-state index contributed by atoms with van der Waals surface area (Å²) >= 11 is 6.01. The first-order chi connectivity index (χ1) is 10.1. The zero-order chi connectivity index (χ0) is 15.2. The van der Waals surface area contributed by atoms with Crippen molar-refractivity contribution in [3.63, 3.8) is 0 Å². The molecule has 0 bridgehead atoms. The Morgan fingerprint density at radius 1 is 1.19 bits per heavy atom. The highest BCUT2D eigenvalue weighted by atomic mass is 35.5. The van der Waals surface area contributed by atoms with Crippen LogP contribution < -0.4 is 14.8 Å². The molecule has 0 aliphatic heterocycles. The Hall–Kier alpha value is -2.20. The number of methoxy groups -OCH3 is 1. The molecule has 0 aliphatic rings. The summed E-state index contributed by atoms with van der Waals surface area (Å²) in [5.74, 6) is 1.00. The average molecular weight is 306 g/mol. The SMILES string of the molecule is COc1cccc(OCC(=O)Nc2ccc(C)c(Cl)c2)c1. The summed E-state index contributed by atoms with van der Waals surface area (Å²) in [6.45, 7) is 1.82. The average Bonchev–Trinajstić information content (AvgIpc) is 2.49. The number of amides is 1. The van der Waals surface area contributed by atoms with Crippen LogP contribution in [0.4, 0.5) is 5.69 Å². The van der Waals surface area contributed by atoms with Crippen molar-refractivity contribution in [1.82, 2.24) is 0 Å². The number of carbonyl (C=O) groups excluding carboxylic acids is 1. The second-order valence-corrected chi connectivity index (χ2v) is 4.89. The number of rotatable bonds is 5. The lowest BCUT2D eigenvalue weighted by Gasteiger charge is -2.09. The number of halogens is 1. The van der Waals surface area contributed by atoms with Crippen molar-refractivity contribution in [1.29, 1.82) is 0 Å². The van der Waals surface area contributed by atoms with Crippen LogP contribution in [-0.2, 0) is 4.79 Å². The zero-order valence-electron chi connectivity index (χ0n) is 11.9. The molecule has 0 saturated carbocycles. The van der Waals surface area contributed by atoms with Gasteiger partial charge in [-0.15, -0.1) is 0 Å². The van der Waals surface area contributed by atoms with Crippen molar-refractivity contribution >= 4 is 23.2 Å². The smallest absolute Gasteiger partial charge is 0.262 e. The summed E-state index contributed by atoms with van der Waals surface area (Å²) in [6, 6.07) is 12.4. The third-order valence-electron chi connectivity index (χ3n) is 2.87. The maximum Gasteiger partial charge on any atom is 0.262 e. The van der Waals surface area contributed by atoms with Crippen molar-refractivity contribution in [2.75, 3.05) is 19.0 Å². The Morgan fingerprint density at radius 2 is 1.95 bits per heavy atom. The maximum absolute atomic E-state index is 11.8. The molecule has 0 saturated heterocycles. The molecule has 0 spiro atoms. The maximum atomic E-state index is 11.8. The van der Waals surface area contributed by atoms with E-state index in [1.165, 1.54) is 0 Å². The first-order valence-electron chi connectivity index (χ1n) is 6.41. The van der Waals surface area contributed by atoms with Gasteiger partial charge in [0.2, 0.25) is 0 Å². The fourth-order valence-corrected chi connectivity index (χ4v) is 1.89. The first kappa shape index (κ1) is 15.2. The number of ether oxygens (including phenoxy) is 2. The Morgan fingerprint density at radius 3 is 2.67 bits per heavy atom. The van der Waals surface area contributed by atoms with Crippen LogP contribution in [0.2, 0.25) is 5.02 Å². The van der Waals surface area contributed by atoms with E-state index < -0.39 is 0 Å². The van der Waals surface area contributed by atoms with E-state index in [9.17, 15) is 4.79 Å². The van der Waals surface area contributed by atoms with E-state index in [2.05, 4.69) is 5.32 Å². The molecule has 2 rings (SSSR count). The van der Waals surface area contributed by atoms with E-state index in [4.69, 9.17) is 21.1 Å². The topological polar surface area (TPSA) is 47.6 Å². The summed E-state index contributed by atoms with van der Waals surface area (Å²) in [6.07, 6.45) is 0. The number of anilines is 1.